The van der Waals surface area contributed by atoms with Crippen molar-refractivity contribution in [1.29, 1.82) is 0 Å². The number of hydrogen-bond donors (Lipinski definition) is 1. The molecular weight excluding hydrogens is 324 g/mol. The van der Waals surface area contributed by atoms with E-state index in [1.807, 2.05) is 32.2 Å². The molecule has 0 unspecified atom stereocenters. The van der Waals surface area contributed by atoms with Gasteiger partial charge in [-0.05, 0) is 55.0 Å². The third-order valence-electron chi connectivity index (χ3n) is 4.18. The fourth-order valence-electron chi connectivity index (χ4n) is 2.66. The molecule has 24 heavy (non-hydrogen) atoms. The summed E-state index contributed by atoms with van der Waals surface area (Å²) < 4.78 is 34.5. The molecule has 1 aromatic heterocycles. The molecule has 0 saturated heterocycles. The van der Waals surface area contributed by atoms with E-state index in [1.165, 1.54) is 17.8 Å². The van der Waals surface area contributed by atoms with Gasteiger partial charge in [-0.1, -0.05) is 6.07 Å². The molecule has 0 atom stereocenters. The number of aromatic nitrogens is 1. The highest BCUT2D eigenvalue weighted by Crippen LogP contribution is 2.20. The number of fused-ring (bicyclic) bond motifs is 1. The first-order valence-electron chi connectivity index (χ1n) is 7.59. The van der Waals surface area contributed by atoms with Gasteiger partial charge in [-0.15, -0.1) is 0 Å². The summed E-state index contributed by atoms with van der Waals surface area (Å²) in [7, 11) is 0.0120. The molecule has 0 aliphatic heterocycles. The number of aryl methyl sites for hydroxylation is 2. The average Bonchev–Trinajstić information content (AvgIpc) is 2.87. The molecule has 1 N–H and O–H groups in total. The second-order valence-electron chi connectivity index (χ2n) is 5.74. The topological polar surface area (TPSA) is 60.3 Å². The summed E-state index contributed by atoms with van der Waals surface area (Å²) in [6, 6.07) is 14.4. The third-order valence-corrected chi connectivity index (χ3v) is 5.60. The van der Waals surface area contributed by atoms with E-state index in [9.17, 15) is 8.42 Å². The van der Waals surface area contributed by atoms with Crippen LogP contribution in [-0.2, 0) is 23.6 Å². The van der Waals surface area contributed by atoms with Crippen LogP contribution in [0.5, 0.6) is 5.75 Å². The third kappa shape index (κ3) is 3.16. The van der Waals surface area contributed by atoms with Gasteiger partial charge in [-0.2, -0.15) is 0 Å². The first-order chi connectivity index (χ1) is 11.4. The van der Waals surface area contributed by atoms with E-state index < -0.39 is 10.0 Å². The Bertz CT molecular complexity index is 973. The highest BCUT2D eigenvalue weighted by atomic mass is 32.2. The predicted octanol–water partition coefficient (Wildman–Crippen LogP) is 2.97. The number of sulfonamides is 1. The summed E-state index contributed by atoms with van der Waals surface area (Å²) >= 11 is 0. The van der Waals surface area contributed by atoms with Gasteiger partial charge in [0, 0.05) is 30.2 Å². The summed E-state index contributed by atoms with van der Waals surface area (Å²) in [5.74, 6) is 0.624. The van der Waals surface area contributed by atoms with Crippen LogP contribution in [0.2, 0.25) is 0 Å². The molecule has 1 heterocycles. The van der Waals surface area contributed by atoms with Crippen molar-refractivity contribution in [2.45, 2.75) is 18.4 Å². The predicted molar refractivity (Wildman–Crippen MR) is 94.7 cm³/mol. The van der Waals surface area contributed by atoms with Crippen LogP contribution in [-0.4, -0.2) is 20.1 Å². The SMILES string of the molecule is COc1ccc(S(=O)(=O)NCc2ccc3c(c2)cc(C)n3C)cc1. The molecular formula is C18H20N2O3S. The molecule has 3 rings (SSSR count). The zero-order chi connectivity index (χ0) is 17.3. The summed E-state index contributed by atoms with van der Waals surface area (Å²) in [6.45, 7) is 2.30. The number of hydrogen-bond acceptors (Lipinski definition) is 3. The lowest BCUT2D eigenvalue weighted by atomic mass is 10.1. The molecule has 0 saturated carbocycles. The van der Waals surface area contributed by atoms with Crippen molar-refractivity contribution in [2.75, 3.05) is 7.11 Å². The van der Waals surface area contributed by atoms with Crippen LogP contribution in [0.4, 0.5) is 0 Å². The molecule has 0 amide bonds. The molecule has 0 fully saturated rings. The Kier molecular flexibility index (Phi) is 4.34. The summed E-state index contributed by atoms with van der Waals surface area (Å²) in [5.41, 5.74) is 3.22. The van der Waals surface area contributed by atoms with Crippen molar-refractivity contribution in [1.82, 2.24) is 9.29 Å². The van der Waals surface area contributed by atoms with Crippen LogP contribution in [0, 0.1) is 6.92 Å². The monoisotopic (exact) mass is 344 g/mol. The maximum atomic E-state index is 12.4. The fraction of sp³-hybridized carbons (Fsp3) is 0.222. The van der Waals surface area contributed by atoms with Gasteiger partial charge in [-0.25, -0.2) is 13.1 Å². The van der Waals surface area contributed by atoms with Gasteiger partial charge in [0.2, 0.25) is 10.0 Å². The number of nitrogens with one attached hydrogen (secondary N) is 1. The zero-order valence-corrected chi connectivity index (χ0v) is 14.7. The van der Waals surface area contributed by atoms with Gasteiger partial charge in [-0.3, -0.25) is 0 Å². The van der Waals surface area contributed by atoms with E-state index in [1.54, 1.807) is 19.2 Å². The maximum Gasteiger partial charge on any atom is 0.240 e. The van der Waals surface area contributed by atoms with Crippen molar-refractivity contribution in [3.8, 4) is 5.75 Å². The van der Waals surface area contributed by atoms with Crippen molar-refractivity contribution < 1.29 is 13.2 Å². The van der Waals surface area contributed by atoms with Crippen LogP contribution < -0.4 is 9.46 Å². The average molecular weight is 344 g/mol. The molecule has 0 spiro atoms. The number of ether oxygens (including phenoxy) is 1. The summed E-state index contributed by atoms with van der Waals surface area (Å²) in [5, 5.41) is 1.11. The normalized spacial score (nSPS) is 11.8. The van der Waals surface area contributed by atoms with E-state index >= 15 is 0 Å². The van der Waals surface area contributed by atoms with E-state index in [0.717, 1.165) is 16.5 Å². The number of methoxy groups -OCH3 is 1. The van der Waals surface area contributed by atoms with Crippen molar-refractivity contribution in [2.24, 2.45) is 7.05 Å². The first-order valence-corrected chi connectivity index (χ1v) is 9.08. The molecule has 0 aliphatic rings. The number of rotatable bonds is 5. The first kappa shape index (κ1) is 16.5. The molecule has 0 aliphatic carbocycles. The zero-order valence-electron chi connectivity index (χ0n) is 13.9. The van der Waals surface area contributed by atoms with Crippen LogP contribution in [0.25, 0.3) is 10.9 Å². The second kappa shape index (κ2) is 6.30. The standard InChI is InChI=1S/C18H20N2O3S/c1-13-10-15-11-14(4-9-18(15)20(13)2)12-19-24(21,22)17-7-5-16(23-3)6-8-17/h4-11,19H,12H2,1-3H3. The molecule has 6 heteroatoms. The molecule has 2 aromatic carbocycles. The Morgan fingerprint density at radius 3 is 2.46 bits per heavy atom. The quantitative estimate of drug-likeness (QED) is 0.774. The molecule has 126 valence electrons. The van der Waals surface area contributed by atoms with Crippen LogP contribution in [0.15, 0.2) is 53.4 Å². The van der Waals surface area contributed by atoms with Crippen LogP contribution >= 0.6 is 0 Å². The summed E-state index contributed by atoms with van der Waals surface area (Å²) in [4.78, 5) is 0.222. The molecule has 0 bridgehead atoms. The smallest absolute Gasteiger partial charge is 0.240 e. The van der Waals surface area contributed by atoms with E-state index in [4.69, 9.17) is 4.74 Å². The largest absolute Gasteiger partial charge is 0.497 e. The van der Waals surface area contributed by atoms with Gasteiger partial charge >= 0.3 is 0 Å². The van der Waals surface area contributed by atoms with Gasteiger partial charge in [0.15, 0.2) is 0 Å². The Balaban J connectivity index is 1.78. The molecule has 0 radical (unpaired) electrons. The van der Waals surface area contributed by atoms with Crippen molar-refractivity contribution in [3.63, 3.8) is 0 Å². The highest BCUT2D eigenvalue weighted by Gasteiger charge is 2.14. The van der Waals surface area contributed by atoms with Gasteiger partial charge in [0.1, 0.15) is 5.75 Å². The minimum atomic E-state index is -3.55. The van der Waals surface area contributed by atoms with Crippen molar-refractivity contribution >= 4 is 20.9 Å². The van der Waals surface area contributed by atoms with Crippen LogP contribution in [0.1, 0.15) is 11.3 Å². The minimum absolute atomic E-state index is 0.222. The fourth-order valence-corrected chi connectivity index (χ4v) is 3.68. The van der Waals surface area contributed by atoms with Gasteiger partial charge in [0.25, 0.3) is 0 Å². The Morgan fingerprint density at radius 2 is 1.79 bits per heavy atom. The molecule has 5 nitrogen and oxygen atoms in total. The Labute approximate surface area is 141 Å². The van der Waals surface area contributed by atoms with Crippen LogP contribution in [0.3, 0.4) is 0 Å². The highest BCUT2D eigenvalue weighted by molar-refractivity contribution is 7.89. The lowest BCUT2D eigenvalue weighted by molar-refractivity contribution is 0.414. The van der Waals surface area contributed by atoms with E-state index in [-0.39, 0.29) is 11.4 Å². The molecule has 3 aromatic rings. The number of benzene rings is 2. The minimum Gasteiger partial charge on any atom is -0.497 e. The van der Waals surface area contributed by atoms with Gasteiger partial charge in [0.05, 0.1) is 12.0 Å². The lowest BCUT2D eigenvalue weighted by Gasteiger charge is -2.08. The Morgan fingerprint density at radius 1 is 1.08 bits per heavy atom. The number of nitrogens with zero attached hydrogens (tertiary/aromatic N) is 1. The maximum absolute atomic E-state index is 12.4. The second-order valence-corrected chi connectivity index (χ2v) is 7.50. The van der Waals surface area contributed by atoms with Crippen molar-refractivity contribution in [3.05, 3.63) is 59.8 Å². The summed E-state index contributed by atoms with van der Waals surface area (Å²) in [6.07, 6.45) is 0. The van der Waals surface area contributed by atoms with Gasteiger partial charge < -0.3 is 9.30 Å². The Hall–Kier alpha value is -2.31. The van der Waals surface area contributed by atoms with E-state index in [0.29, 0.717) is 5.75 Å². The van der Waals surface area contributed by atoms with E-state index in [2.05, 4.69) is 15.4 Å². The lowest BCUT2D eigenvalue weighted by Crippen LogP contribution is -2.23.